The standard InChI is InChI=1S/C19H22N6O3S/c1-3-13(2)21-19-22-17(14-8-10-20-11-9-14)12-18(23-19)25-24-15-4-6-16(7-5-15)29(26,27)28/h4-13,24H,3H2,1-2H3,(H,26,27,28)(H2,21,22,23,25)/t13-/m1/s1. The van der Waals surface area contributed by atoms with Crippen molar-refractivity contribution in [3.05, 3.63) is 54.9 Å². The van der Waals surface area contributed by atoms with Crippen molar-refractivity contribution in [3.63, 3.8) is 0 Å². The van der Waals surface area contributed by atoms with E-state index in [-0.39, 0.29) is 10.9 Å². The van der Waals surface area contributed by atoms with Gasteiger partial charge in [-0.2, -0.15) is 13.4 Å². The van der Waals surface area contributed by atoms with Crippen LogP contribution in [0.3, 0.4) is 0 Å². The van der Waals surface area contributed by atoms with Crippen molar-refractivity contribution in [2.45, 2.75) is 31.2 Å². The van der Waals surface area contributed by atoms with Crippen LogP contribution in [0, 0.1) is 0 Å². The molecule has 3 aromatic rings. The zero-order valence-electron chi connectivity index (χ0n) is 16.0. The minimum Gasteiger partial charge on any atom is -0.352 e. The van der Waals surface area contributed by atoms with Crippen molar-refractivity contribution in [1.82, 2.24) is 15.0 Å². The summed E-state index contributed by atoms with van der Waals surface area (Å²) in [7, 11) is -4.22. The van der Waals surface area contributed by atoms with E-state index < -0.39 is 10.1 Å². The summed E-state index contributed by atoms with van der Waals surface area (Å²) in [5.41, 5.74) is 8.16. The van der Waals surface area contributed by atoms with E-state index in [0.717, 1.165) is 17.7 Å². The maximum atomic E-state index is 11.1. The van der Waals surface area contributed by atoms with Crippen LogP contribution in [0.2, 0.25) is 0 Å². The molecule has 3 rings (SSSR count). The number of hydrazine groups is 1. The lowest BCUT2D eigenvalue weighted by Crippen LogP contribution is -2.17. The molecule has 152 valence electrons. The molecule has 0 saturated heterocycles. The van der Waals surface area contributed by atoms with Crippen LogP contribution in [-0.2, 0) is 10.1 Å². The van der Waals surface area contributed by atoms with Gasteiger partial charge in [0.05, 0.1) is 16.3 Å². The van der Waals surface area contributed by atoms with Crippen molar-refractivity contribution >= 4 is 27.6 Å². The Bertz CT molecular complexity index is 1060. The van der Waals surface area contributed by atoms with Gasteiger partial charge in [-0.1, -0.05) is 6.92 Å². The Morgan fingerprint density at radius 3 is 2.34 bits per heavy atom. The summed E-state index contributed by atoms with van der Waals surface area (Å²) in [4.78, 5) is 12.9. The molecule has 1 atom stereocenters. The summed E-state index contributed by atoms with van der Waals surface area (Å²) in [5, 5.41) is 3.26. The van der Waals surface area contributed by atoms with Crippen molar-refractivity contribution in [2.75, 3.05) is 16.2 Å². The summed E-state index contributed by atoms with van der Waals surface area (Å²) in [5.74, 6) is 1.01. The van der Waals surface area contributed by atoms with Gasteiger partial charge in [0.15, 0.2) is 5.82 Å². The van der Waals surface area contributed by atoms with Gasteiger partial charge in [0.1, 0.15) is 0 Å². The van der Waals surface area contributed by atoms with Gasteiger partial charge in [-0.3, -0.25) is 20.4 Å². The molecule has 0 amide bonds. The van der Waals surface area contributed by atoms with E-state index in [9.17, 15) is 8.42 Å². The van der Waals surface area contributed by atoms with Crippen molar-refractivity contribution < 1.29 is 13.0 Å². The fourth-order valence-electron chi connectivity index (χ4n) is 2.42. The first-order valence-corrected chi connectivity index (χ1v) is 10.4. The third-order valence-electron chi connectivity index (χ3n) is 4.18. The molecular formula is C19H22N6O3S. The molecule has 2 aromatic heterocycles. The van der Waals surface area contributed by atoms with Crippen molar-refractivity contribution in [3.8, 4) is 11.3 Å². The number of aromatic nitrogens is 3. The molecule has 0 saturated carbocycles. The Balaban J connectivity index is 1.82. The smallest absolute Gasteiger partial charge is 0.294 e. The van der Waals surface area contributed by atoms with Gasteiger partial charge in [-0.25, -0.2) is 4.98 Å². The predicted octanol–water partition coefficient (Wildman–Crippen LogP) is 3.43. The van der Waals surface area contributed by atoms with E-state index >= 15 is 0 Å². The Kier molecular flexibility index (Phi) is 6.25. The van der Waals surface area contributed by atoms with Gasteiger partial charge in [0.2, 0.25) is 5.95 Å². The first-order chi connectivity index (χ1) is 13.8. The van der Waals surface area contributed by atoms with Gasteiger partial charge >= 0.3 is 0 Å². The highest BCUT2D eigenvalue weighted by atomic mass is 32.2. The molecule has 0 aliphatic rings. The maximum absolute atomic E-state index is 11.1. The number of pyridine rings is 1. The number of hydrogen-bond acceptors (Lipinski definition) is 8. The first kappa shape index (κ1) is 20.5. The second kappa shape index (κ2) is 8.84. The number of nitrogens with one attached hydrogen (secondary N) is 3. The van der Waals surface area contributed by atoms with E-state index in [4.69, 9.17) is 4.55 Å². The normalized spacial score (nSPS) is 12.2. The molecule has 4 N–H and O–H groups in total. The van der Waals surface area contributed by atoms with Crippen molar-refractivity contribution in [2.24, 2.45) is 0 Å². The second-order valence-electron chi connectivity index (χ2n) is 6.40. The Labute approximate surface area is 169 Å². The summed E-state index contributed by atoms with van der Waals surface area (Å²) >= 11 is 0. The zero-order chi connectivity index (χ0) is 20.9. The molecule has 0 radical (unpaired) electrons. The molecule has 0 fully saturated rings. The third kappa shape index (κ3) is 5.62. The predicted molar refractivity (Wildman–Crippen MR) is 112 cm³/mol. The topological polar surface area (TPSA) is 129 Å². The number of rotatable bonds is 8. The fraction of sp³-hybridized carbons (Fsp3) is 0.211. The molecule has 0 bridgehead atoms. The van der Waals surface area contributed by atoms with E-state index in [1.54, 1.807) is 18.5 Å². The lowest BCUT2D eigenvalue weighted by molar-refractivity contribution is 0.483. The molecule has 0 unspecified atom stereocenters. The highest BCUT2D eigenvalue weighted by molar-refractivity contribution is 7.85. The Hall–Kier alpha value is -3.24. The number of benzene rings is 1. The highest BCUT2D eigenvalue weighted by Gasteiger charge is 2.10. The lowest BCUT2D eigenvalue weighted by Gasteiger charge is -2.15. The van der Waals surface area contributed by atoms with Crippen LogP contribution in [0.1, 0.15) is 20.3 Å². The van der Waals surface area contributed by atoms with Gasteiger partial charge in [0, 0.05) is 30.1 Å². The quantitative estimate of drug-likeness (QED) is 0.323. The van der Waals surface area contributed by atoms with Crippen LogP contribution in [0.25, 0.3) is 11.3 Å². The van der Waals surface area contributed by atoms with Crippen LogP contribution < -0.4 is 16.2 Å². The maximum Gasteiger partial charge on any atom is 0.294 e. The molecule has 2 heterocycles. The summed E-state index contributed by atoms with van der Waals surface area (Å²) < 4.78 is 31.3. The Morgan fingerprint density at radius 1 is 1.03 bits per heavy atom. The largest absolute Gasteiger partial charge is 0.352 e. The highest BCUT2D eigenvalue weighted by Crippen LogP contribution is 2.22. The Morgan fingerprint density at radius 2 is 1.72 bits per heavy atom. The van der Waals surface area contributed by atoms with E-state index in [1.807, 2.05) is 19.1 Å². The summed E-state index contributed by atoms with van der Waals surface area (Å²) in [6.45, 7) is 4.12. The summed E-state index contributed by atoms with van der Waals surface area (Å²) in [6.07, 6.45) is 4.31. The van der Waals surface area contributed by atoms with Crippen LogP contribution in [0.4, 0.5) is 17.5 Å². The van der Waals surface area contributed by atoms with Crippen LogP contribution >= 0.6 is 0 Å². The average Bonchev–Trinajstić information content (AvgIpc) is 2.72. The van der Waals surface area contributed by atoms with E-state index in [2.05, 4.69) is 38.0 Å². The molecule has 0 aliphatic carbocycles. The van der Waals surface area contributed by atoms with Gasteiger partial charge < -0.3 is 5.32 Å². The lowest BCUT2D eigenvalue weighted by atomic mass is 10.2. The van der Waals surface area contributed by atoms with Crippen LogP contribution in [-0.4, -0.2) is 34.0 Å². The van der Waals surface area contributed by atoms with Gasteiger partial charge in [-0.15, -0.1) is 0 Å². The van der Waals surface area contributed by atoms with Gasteiger partial charge in [0.25, 0.3) is 10.1 Å². The monoisotopic (exact) mass is 414 g/mol. The number of hydrogen-bond donors (Lipinski definition) is 4. The first-order valence-electron chi connectivity index (χ1n) is 9.00. The zero-order valence-corrected chi connectivity index (χ0v) is 16.8. The van der Waals surface area contributed by atoms with E-state index in [1.165, 1.54) is 24.3 Å². The molecule has 10 heteroatoms. The number of anilines is 3. The second-order valence-corrected chi connectivity index (χ2v) is 7.82. The SMILES string of the molecule is CC[C@@H](C)Nc1nc(NNc2ccc(S(=O)(=O)O)cc2)cc(-c2ccncc2)n1. The van der Waals surface area contributed by atoms with Crippen LogP contribution in [0.5, 0.6) is 0 Å². The molecule has 29 heavy (non-hydrogen) atoms. The van der Waals surface area contributed by atoms with Crippen LogP contribution in [0.15, 0.2) is 59.8 Å². The van der Waals surface area contributed by atoms with Crippen molar-refractivity contribution in [1.29, 1.82) is 0 Å². The average molecular weight is 414 g/mol. The molecular weight excluding hydrogens is 392 g/mol. The van der Waals surface area contributed by atoms with Gasteiger partial charge in [-0.05, 0) is 49.7 Å². The minimum absolute atomic E-state index is 0.176. The summed E-state index contributed by atoms with van der Waals surface area (Å²) in [6, 6.07) is 11.4. The van der Waals surface area contributed by atoms with E-state index in [0.29, 0.717) is 17.5 Å². The third-order valence-corrected chi connectivity index (χ3v) is 5.05. The minimum atomic E-state index is -4.22. The molecule has 9 nitrogen and oxygen atoms in total. The fourth-order valence-corrected chi connectivity index (χ4v) is 2.90. The molecule has 0 aliphatic heterocycles. The number of nitrogens with zero attached hydrogens (tertiary/aromatic N) is 3. The molecule has 0 spiro atoms. The molecule has 1 aromatic carbocycles.